The zero-order valence-corrected chi connectivity index (χ0v) is 16.5. The smallest absolute Gasteiger partial charge is 0.360 e. The number of nitrogens with one attached hydrogen (secondary N) is 1. The van der Waals surface area contributed by atoms with Gasteiger partial charge in [-0.05, 0) is 51.1 Å². The lowest BCUT2D eigenvalue weighted by atomic mass is 10.1. The van der Waals surface area contributed by atoms with E-state index in [1.165, 1.54) is 23.1 Å². The number of nitrogens with zero attached hydrogens (tertiary/aromatic N) is 3. The molecule has 1 N–H and O–H groups in total. The molecule has 30 heavy (non-hydrogen) atoms. The molecule has 0 saturated carbocycles. The second-order valence-corrected chi connectivity index (χ2v) is 7.22. The molecule has 10 heteroatoms. The van der Waals surface area contributed by atoms with E-state index in [0.717, 1.165) is 38.1 Å². The van der Waals surface area contributed by atoms with Crippen LogP contribution in [0.3, 0.4) is 0 Å². The van der Waals surface area contributed by atoms with Crippen molar-refractivity contribution in [1.82, 2.24) is 15.0 Å². The van der Waals surface area contributed by atoms with Crippen LogP contribution in [0.2, 0.25) is 0 Å². The Hall–Kier alpha value is -2.88. The number of benzene rings is 1. The SMILES string of the molecule is Cc1cc(NC(=O)CN(CCN2CCCC2)C(=O)c2cccc(C(F)(F)F)c2)no1. The lowest BCUT2D eigenvalue weighted by molar-refractivity contribution is -0.137. The van der Waals surface area contributed by atoms with Gasteiger partial charge in [-0.15, -0.1) is 0 Å². The van der Waals surface area contributed by atoms with Crippen LogP contribution in [0.15, 0.2) is 34.9 Å². The largest absolute Gasteiger partial charge is 0.416 e. The van der Waals surface area contributed by atoms with E-state index < -0.39 is 23.6 Å². The normalized spacial score (nSPS) is 14.7. The Bertz CT molecular complexity index is 891. The van der Waals surface area contributed by atoms with Crippen LogP contribution >= 0.6 is 0 Å². The molecule has 0 unspecified atom stereocenters. The summed E-state index contributed by atoms with van der Waals surface area (Å²) < 4.78 is 44.0. The van der Waals surface area contributed by atoms with Crippen molar-refractivity contribution < 1.29 is 27.3 Å². The molecule has 162 valence electrons. The van der Waals surface area contributed by atoms with E-state index in [1.54, 1.807) is 6.92 Å². The number of hydrogen-bond acceptors (Lipinski definition) is 5. The van der Waals surface area contributed by atoms with E-state index in [1.807, 2.05) is 0 Å². The van der Waals surface area contributed by atoms with Gasteiger partial charge in [0.05, 0.1) is 5.56 Å². The molecule has 1 aliphatic rings. The molecule has 2 heterocycles. The highest BCUT2D eigenvalue weighted by Crippen LogP contribution is 2.29. The van der Waals surface area contributed by atoms with Crippen LogP contribution in [0, 0.1) is 6.92 Å². The maximum absolute atomic E-state index is 13.0. The van der Waals surface area contributed by atoms with Gasteiger partial charge >= 0.3 is 6.18 Å². The molecule has 0 aliphatic carbocycles. The molecule has 0 radical (unpaired) electrons. The van der Waals surface area contributed by atoms with Crippen molar-refractivity contribution in [2.45, 2.75) is 25.9 Å². The molecular weight excluding hydrogens is 401 g/mol. The quantitative estimate of drug-likeness (QED) is 0.739. The van der Waals surface area contributed by atoms with E-state index in [0.29, 0.717) is 12.3 Å². The first-order valence-corrected chi connectivity index (χ1v) is 9.64. The molecule has 2 aromatic rings. The van der Waals surface area contributed by atoms with Gasteiger partial charge in [0.2, 0.25) is 5.91 Å². The number of carbonyl (C=O) groups excluding carboxylic acids is 2. The monoisotopic (exact) mass is 424 g/mol. The third-order valence-electron chi connectivity index (χ3n) is 4.84. The second kappa shape index (κ2) is 9.29. The number of hydrogen-bond donors (Lipinski definition) is 1. The zero-order chi connectivity index (χ0) is 21.7. The molecule has 0 spiro atoms. The fourth-order valence-electron chi connectivity index (χ4n) is 3.31. The number of aromatic nitrogens is 1. The molecule has 2 amide bonds. The van der Waals surface area contributed by atoms with Gasteiger partial charge in [-0.25, -0.2) is 0 Å². The van der Waals surface area contributed by atoms with E-state index >= 15 is 0 Å². The van der Waals surface area contributed by atoms with Gasteiger partial charge in [-0.2, -0.15) is 13.2 Å². The molecule has 7 nitrogen and oxygen atoms in total. The van der Waals surface area contributed by atoms with Crippen LogP contribution in [0.1, 0.15) is 34.5 Å². The summed E-state index contributed by atoms with van der Waals surface area (Å²) in [7, 11) is 0. The van der Waals surface area contributed by atoms with E-state index in [2.05, 4.69) is 15.4 Å². The summed E-state index contributed by atoms with van der Waals surface area (Å²) in [5, 5.41) is 6.20. The van der Waals surface area contributed by atoms with Gasteiger partial charge in [0, 0.05) is 24.7 Å². The Kier molecular flexibility index (Phi) is 6.76. The first-order chi connectivity index (χ1) is 14.2. The molecule has 1 fully saturated rings. The average molecular weight is 424 g/mol. The van der Waals surface area contributed by atoms with Gasteiger partial charge in [0.15, 0.2) is 5.82 Å². The number of rotatable bonds is 7. The molecule has 1 aromatic carbocycles. The lowest BCUT2D eigenvalue weighted by Gasteiger charge is -2.25. The predicted molar refractivity (Wildman–Crippen MR) is 103 cm³/mol. The number of likely N-dealkylation sites (tertiary alicyclic amines) is 1. The van der Waals surface area contributed by atoms with Gasteiger partial charge in [-0.3, -0.25) is 9.59 Å². The van der Waals surface area contributed by atoms with E-state index in [4.69, 9.17) is 4.52 Å². The molecule has 1 aliphatic heterocycles. The van der Waals surface area contributed by atoms with Crippen molar-refractivity contribution in [1.29, 1.82) is 0 Å². The average Bonchev–Trinajstić information content (AvgIpc) is 3.35. The summed E-state index contributed by atoms with van der Waals surface area (Å²) in [6.45, 7) is 3.92. The van der Waals surface area contributed by atoms with Crippen molar-refractivity contribution in [2.24, 2.45) is 0 Å². The molecule has 0 atom stereocenters. The minimum Gasteiger partial charge on any atom is -0.360 e. The third kappa shape index (κ3) is 5.82. The molecule has 3 rings (SSSR count). The van der Waals surface area contributed by atoms with Gasteiger partial charge in [-0.1, -0.05) is 11.2 Å². The van der Waals surface area contributed by atoms with Gasteiger partial charge in [0.1, 0.15) is 12.3 Å². The Morgan fingerprint density at radius 1 is 1.23 bits per heavy atom. The number of aryl methyl sites for hydroxylation is 1. The first kappa shape index (κ1) is 21.8. The van der Waals surface area contributed by atoms with E-state index in [-0.39, 0.29) is 24.5 Å². The number of carbonyl (C=O) groups is 2. The Balaban J connectivity index is 1.73. The zero-order valence-electron chi connectivity index (χ0n) is 16.5. The molecule has 1 aromatic heterocycles. The van der Waals surface area contributed by atoms with Crippen molar-refractivity contribution in [3.05, 3.63) is 47.2 Å². The minimum absolute atomic E-state index is 0.115. The Labute approximate surface area is 171 Å². The number of alkyl halides is 3. The highest BCUT2D eigenvalue weighted by molar-refractivity contribution is 5.99. The molecule has 1 saturated heterocycles. The van der Waals surface area contributed by atoms with Crippen molar-refractivity contribution in [3.63, 3.8) is 0 Å². The summed E-state index contributed by atoms with van der Waals surface area (Å²) >= 11 is 0. The van der Waals surface area contributed by atoms with Crippen molar-refractivity contribution >= 4 is 17.6 Å². The highest BCUT2D eigenvalue weighted by atomic mass is 19.4. The minimum atomic E-state index is -4.56. The Morgan fingerprint density at radius 2 is 1.97 bits per heavy atom. The van der Waals surface area contributed by atoms with Crippen molar-refractivity contribution in [3.8, 4) is 0 Å². The summed E-state index contributed by atoms with van der Waals surface area (Å²) in [4.78, 5) is 28.8. The summed E-state index contributed by atoms with van der Waals surface area (Å²) in [5.41, 5.74) is -1.02. The summed E-state index contributed by atoms with van der Waals surface area (Å²) in [6.07, 6.45) is -2.43. The third-order valence-corrected chi connectivity index (χ3v) is 4.84. The topological polar surface area (TPSA) is 78.7 Å². The number of halogens is 3. The van der Waals surface area contributed by atoms with Gasteiger partial charge < -0.3 is 19.6 Å². The number of amides is 2. The van der Waals surface area contributed by atoms with Crippen LogP contribution in [-0.4, -0.2) is 59.5 Å². The fraction of sp³-hybridized carbons (Fsp3) is 0.450. The van der Waals surface area contributed by atoms with Crippen molar-refractivity contribution in [2.75, 3.05) is 38.0 Å². The maximum Gasteiger partial charge on any atom is 0.416 e. The first-order valence-electron chi connectivity index (χ1n) is 9.64. The van der Waals surface area contributed by atoms with Crippen LogP contribution in [0.4, 0.5) is 19.0 Å². The molecule has 0 bridgehead atoms. The molecular formula is C20H23F3N4O3. The lowest BCUT2D eigenvalue weighted by Crippen LogP contribution is -2.42. The van der Waals surface area contributed by atoms with E-state index in [9.17, 15) is 22.8 Å². The van der Waals surface area contributed by atoms with Crippen LogP contribution in [0.5, 0.6) is 0 Å². The highest BCUT2D eigenvalue weighted by Gasteiger charge is 2.31. The predicted octanol–water partition coefficient (Wildman–Crippen LogP) is 3.18. The van der Waals surface area contributed by atoms with Gasteiger partial charge in [0.25, 0.3) is 5.91 Å². The summed E-state index contributed by atoms with van der Waals surface area (Å²) in [5.74, 6) is -0.420. The maximum atomic E-state index is 13.0. The fourth-order valence-corrected chi connectivity index (χ4v) is 3.31. The standard InChI is InChI=1S/C20H23F3N4O3/c1-14-11-17(25-30-14)24-18(28)13-27(10-9-26-7-2-3-8-26)19(29)15-5-4-6-16(12-15)20(21,22)23/h4-6,11-12H,2-3,7-10,13H2,1H3,(H,24,25,28). The van der Waals surface area contributed by atoms with Crippen LogP contribution in [0.25, 0.3) is 0 Å². The van der Waals surface area contributed by atoms with Crippen LogP contribution < -0.4 is 5.32 Å². The summed E-state index contributed by atoms with van der Waals surface area (Å²) in [6, 6.07) is 5.75. The Morgan fingerprint density at radius 3 is 2.60 bits per heavy atom. The van der Waals surface area contributed by atoms with Crippen LogP contribution in [-0.2, 0) is 11.0 Å². The number of anilines is 1. The second-order valence-electron chi connectivity index (χ2n) is 7.22.